The maximum atomic E-state index is 12.6. The summed E-state index contributed by atoms with van der Waals surface area (Å²) < 4.78 is 33.1. The maximum absolute atomic E-state index is 12.6. The van der Waals surface area contributed by atoms with E-state index in [1.165, 1.54) is 13.2 Å². The van der Waals surface area contributed by atoms with Gasteiger partial charge in [-0.15, -0.1) is 0 Å². The van der Waals surface area contributed by atoms with Crippen LogP contribution in [0.4, 0.5) is 0 Å². The normalized spacial score (nSPS) is 16.5. The van der Waals surface area contributed by atoms with E-state index in [1.807, 2.05) is 6.92 Å². The van der Waals surface area contributed by atoms with Gasteiger partial charge in [-0.05, 0) is 44.4 Å². The summed E-state index contributed by atoms with van der Waals surface area (Å²) in [5.74, 6) is 5.86. The van der Waals surface area contributed by atoms with Gasteiger partial charge in [-0.2, -0.15) is 0 Å². The number of hydrogen-bond donors (Lipinski definition) is 2. The Hall–Kier alpha value is -1.55. The van der Waals surface area contributed by atoms with Gasteiger partial charge in [-0.1, -0.05) is 11.8 Å². The van der Waals surface area contributed by atoms with Gasteiger partial charge in [0.2, 0.25) is 10.0 Å². The van der Waals surface area contributed by atoms with Gasteiger partial charge in [0.25, 0.3) is 0 Å². The Kier molecular flexibility index (Phi) is 4.57. The van der Waals surface area contributed by atoms with E-state index in [4.69, 9.17) is 10.5 Å². The minimum atomic E-state index is -3.64. The van der Waals surface area contributed by atoms with Crippen molar-refractivity contribution in [3.8, 4) is 17.6 Å². The average molecular weight is 308 g/mol. The van der Waals surface area contributed by atoms with Crippen LogP contribution >= 0.6 is 0 Å². The Balaban J connectivity index is 2.39. The molecule has 0 amide bonds. The third-order valence-corrected chi connectivity index (χ3v) is 5.29. The summed E-state index contributed by atoms with van der Waals surface area (Å²) in [4.78, 5) is 0.113. The second kappa shape index (κ2) is 6.06. The first kappa shape index (κ1) is 15.8. The first-order chi connectivity index (χ1) is 9.90. The third kappa shape index (κ3) is 3.56. The van der Waals surface area contributed by atoms with Crippen molar-refractivity contribution in [2.75, 3.05) is 13.7 Å². The lowest BCUT2D eigenvalue weighted by atomic mass is 9.80. The first-order valence-corrected chi connectivity index (χ1v) is 8.29. The van der Waals surface area contributed by atoms with Gasteiger partial charge in [0.15, 0.2) is 0 Å². The van der Waals surface area contributed by atoms with Crippen molar-refractivity contribution in [1.82, 2.24) is 4.72 Å². The number of sulfonamides is 1. The second-order valence-electron chi connectivity index (χ2n) is 5.39. The molecule has 1 aromatic rings. The molecule has 114 valence electrons. The summed E-state index contributed by atoms with van der Waals surface area (Å²) in [6.45, 7) is 2.14. The molecule has 1 aliphatic carbocycles. The molecule has 0 heterocycles. The highest BCUT2D eigenvalue weighted by atomic mass is 32.2. The molecule has 6 heteroatoms. The van der Waals surface area contributed by atoms with E-state index in [-0.39, 0.29) is 17.0 Å². The first-order valence-electron chi connectivity index (χ1n) is 6.81. The van der Waals surface area contributed by atoms with Gasteiger partial charge in [0.05, 0.1) is 13.7 Å². The molecule has 5 nitrogen and oxygen atoms in total. The average Bonchev–Trinajstić information content (AvgIpc) is 2.42. The topological polar surface area (TPSA) is 81.4 Å². The van der Waals surface area contributed by atoms with E-state index < -0.39 is 10.0 Å². The van der Waals surface area contributed by atoms with Crippen molar-refractivity contribution in [2.45, 2.75) is 36.6 Å². The molecule has 1 aromatic carbocycles. The van der Waals surface area contributed by atoms with Crippen LogP contribution in [-0.2, 0) is 10.0 Å². The van der Waals surface area contributed by atoms with Crippen LogP contribution in [0.1, 0.15) is 31.7 Å². The lowest BCUT2D eigenvalue weighted by molar-refractivity contribution is 0.247. The molecule has 0 radical (unpaired) electrons. The number of rotatable bonds is 4. The molecule has 1 saturated carbocycles. The zero-order valence-electron chi connectivity index (χ0n) is 12.3. The molecule has 0 saturated heterocycles. The van der Waals surface area contributed by atoms with Gasteiger partial charge >= 0.3 is 0 Å². The van der Waals surface area contributed by atoms with Crippen molar-refractivity contribution in [3.05, 3.63) is 23.8 Å². The summed E-state index contributed by atoms with van der Waals surface area (Å²) in [6, 6.07) is 4.84. The standard InChI is InChI=1S/C15H20N2O3S/c1-15(8-4-9-15)17-21(18,19)14-11-12(5-3-10-16)6-7-13(14)20-2/h6-7,11,17H,4,8-10,16H2,1-2H3. The summed E-state index contributed by atoms with van der Waals surface area (Å²) in [7, 11) is -2.19. The van der Waals surface area contributed by atoms with Crippen LogP contribution in [0.25, 0.3) is 0 Å². The van der Waals surface area contributed by atoms with Gasteiger partial charge in [0.1, 0.15) is 10.6 Å². The molecule has 1 aliphatic rings. The predicted molar refractivity (Wildman–Crippen MR) is 81.5 cm³/mol. The van der Waals surface area contributed by atoms with Gasteiger partial charge < -0.3 is 10.5 Å². The smallest absolute Gasteiger partial charge is 0.244 e. The number of methoxy groups -OCH3 is 1. The fourth-order valence-electron chi connectivity index (χ4n) is 2.31. The van der Waals surface area contributed by atoms with Crippen LogP contribution in [0.3, 0.4) is 0 Å². The monoisotopic (exact) mass is 308 g/mol. The van der Waals surface area contributed by atoms with E-state index in [0.717, 1.165) is 19.3 Å². The van der Waals surface area contributed by atoms with Crippen LogP contribution in [0.2, 0.25) is 0 Å². The van der Waals surface area contributed by atoms with Crippen LogP contribution in [0.15, 0.2) is 23.1 Å². The number of benzene rings is 1. The van der Waals surface area contributed by atoms with Crippen molar-refractivity contribution >= 4 is 10.0 Å². The Labute approximate surface area is 125 Å². The minimum absolute atomic E-state index is 0.113. The number of ether oxygens (including phenoxy) is 1. The van der Waals surface area contributed by atoms with Crippen LogP contribution in [-0.4, -0.2) is 27.6 Å². The SMILES string of the molecule is COc1ccc(C#CCN)cc1S(=O)(=O)NC1(C)CCC1. The van der Waals surface area contributed by atoms with Crippen molar-refractivity contribution < 1.29 is 13.2 Å². The second-order valence-corrected chi connectivity index (χ2v) is 7.04. The Morgan fingerprint density at radius 1 is 1.43 bits per heavy atom. The highest BCUT2D eigenvalue weighted by molar-refractivity contribution is 7.89. The van der Waals surface area contributed by atoms with Gasteiger partial charge in [-0.25, -0.2) is 13.1 Å². The molecule has 0 bridgehead atoms. The molecule has 2 rings (SSSR count). The van der Waals surface area contributed by atoms with E-state index in [2.05, 4.69) is 16.6 Å². The molecule has 0 unspecified atom stereocenters. The Morgan fingerprint density at radius 2 is 2.14 bits per heavy atom. The van der Waals surface area contributed by atoms with E-state index >= 15 is 0 Å². The van der Waals surface area contributed by atoms with Crippen molar-refractivity contribution in [3.63, 3.8) is 0 Å². The third-order valence-electron chi connectivity index (χ3n) is 3.63. The van der Waals surface area contributed by atoms with Crippen LogP contribution in [0.5, 0.6) is 5.75 Å². The zero-order chi connectivity index (χ0) is 15.5. The molecule has 0 spiro atoms. The molecule has 21 heavy (non-hydrogen) atoms. The fraction of sp³-hybridized carbons (Fsp3) is 0.467. The number of nitrogens with two attached hydrogens (primary N) is 1. The predicted octanol–water partition coefficient (Wildman–Crippen LogP) is 1.23. The molecule has 3 N–H and O–H groups in total. The Morgan fingerprint density at radius 3 is 2.67 bits per heavy atom. The summed E-state index contributed by atoms with van der Waals surface area (Å²) in [5, 5.41) is 0. The number of nitrogens with one attached hydrogen (secondary N) is 1. The lowest BCUT2D eigenvalue weighted by Crippen LogP contribution is -2.50. The van der Waals surface area contributed by atoms with Crippen molar-refractivity contribution in [1.29, 1.82) is 0 Å². The zero-order valence-corrected chi connectivity index (χ0v) is 13.1. The summed E-state index contributed by atoms with van der Waals surface area (Å²) in [5.41, 5.74) is 5.58. The highest BCUT2D eigenvalue weighted by Gasteiger charge is 2.37. The van der Waals surface area contributed by atoms with E-state index in [1.54, 1.807) is 12.1 Å². The highest BCUT2D eigenvalue weighted by Crippen LogP contribution is 2.34. The fourth-order valence-corrected chi connectivity index (χ4v) is 3.97. The summed E-state index contributed by atoms with van der Waals surface area (Å²) in [6.07, 6.45) is 2.74. The van der Waals surface area contributed by atoms with Gasteiger partial charge in [0, 0.05) is 11.1 Å². The van der Waals surface area contributed by atoms with E-state index in [0.29, 0.717) is 11.3 Å². The molecule has 0 atom stereocenters. The van der Waals surface area contributed by atoms with Gasteiger partial charge in [-0.3, -0.25) is 0 Å². The minimum Gasteiger partial charge on any atom is -0.495 e. The molecular weight excluding hydrogens is 288 g/mol. The molecule has 0 aliphatic heterocycles. The van der Waals surface area contributed by atoms with Crippen LogP contribution in [0, 0.1) is 11.8 Å². The summed E-state index contributed by atoms with van der Waals surface area (Å²) >= 11 is 0. The molecule has 0 aromatic heterocycles. The van der Waals surface area contributed by atoms with E-state index in [9.17, 15) is 8.42 Å². The molecule has 1 fully saturated rings. The largest absolute Gasteiger partial charge is 0.495 e. The maximum Gasteiger partial charge on any atom is 0.244 e. The van der Waals surface area contributed by atoms with Crippen molar-refractivity contribution in [2.24, 2.45) is 5.73 Å². The Bertz CT molecular complexity index is 683. The number of hydrogen-bond acceptors (Lipinski definition) is 4. The quantitative estimate of drug-likeness (QED) is 0.820. The lowest BCUT2D eigenvalue weighted by Gasteiger charge is -2.38. The molecular formula is C15H20N2O3S. The van der Waals surface area contributed by atoms with Crippen LogP contribution < -0.4 is 15.2 Å².